The number of anilines is 2. The van der Waals surface area contributed by atoms with E-state index >= 15 is 0 Å². The summed E-state index contributed by atoms with van der Waals surface area (Å²) in [5.41, 5.74) is 5.38. The van der Waals surface area contributed by atoms with E-state index in [1.54, 1.807) is 106 Å². The van der Waals surface area contributed by atoms with E-state index in [2.05, 4.69) is 75.8 Å². The van der Waals surface area contributed by atoms with E-state index in [1.165, 1.54) is 6.20 Å². The lowest BCUT2D eigenvalue weighted by Gasteiger charge is -2.56. The zero-order valence-electron chi connectivity index (χ0n) is 48.4. The Morgan fingerprint density at radius 1 is 0.646 bits per heavy atom. The van der Waals surface area contributed by atoms with Crippen molar-refractivity contribution >= 4 is 38.6 Å². The Bertz CT molecular complexity index is 3870. The largest absolute Gasteiger partial charge is 0.481 e. The monoisotopic (exact) mass is 1120 g/mol. The van der Waals surface area contributed by atoms with Crippen LogP contribution in [0.2, 0.25) is 0 Å². The van der Waals surface area contributed by atoms with Gasteiger partial charge in [0.15, 0.2) is 0 Å². The van der Waals surface area contributed by atoms with E-state index in [4.69, 9.17) is 36.5 Å². The van der Waals surface area contributed by atoms with E-state index in [0.717, 1.165) is 56.7 Å². The zero-order valence-corrected chi connectivity index (χ0v) is 46.0. The standard InChI is InChI=1S/C30H29N7O2.C25H22BrN7O.C5H8O/c1-30(2,38)9-8-20-10-26(29-23(12-31)15-34-37(29)17-20)22-5-6-27(32-14-22)35-18-24-11-25(19-35)36(24)16-21-4-7-28(39-3)33-13-21;1-34-24-5-2-16(9-29-24)12-32-20-7-21(32)15-31(14-20)23-4-3-17(10-28-23)22-6-19(26)13-33-25(22)18(8-27)11-30-33;1-4-5(2,3)6/h4-7,10,13-15,17,24-25,38H,11,16,18-19H2,1-3H3;2-6,9-11,13,20-21H,7,12,14-15H2,1H3;1,6H,2-3H3/i16D2;12D2;. The van der Waals surface area contributed by atoms with Gasteiger partial charge in [-0.25, -0.2) is 29.0 Å². The van der Waals surface area contributed by atoms with Crippen LogP contribution in [0.1, 0.15) is 73.8 Å². The fourth-order valence-corrected chi connectivity index (χ4v) is 10.4. The molecule has 19 heteroatoms. The lowest BCUT2D eigenvalue weighted by atomic mass is 9.87. The molecule has 0 saturated carbocycles. The fourth-order valence-electron chi connectivity index (χ4n) is 9.96. The van der Waals surface area contributed by atoms with Crippen molar-refractivity contribution in [2.24, 2.45) is 0 Å². The van der Waals surface area contributed by atoms with Gasteiger partial charge in [-0.2, -0.15) is 20.7 Å². The van der Waals surface area contributed by atoms with Crippen LogP contribution in [0.25, 0.3) is 33.3 Å². The molecule has 8 aromatic heterocycles. The zero-order chi connectivity index (χ0) is 59.2. The number of piperidine rings is 2. The predicted octanol–water partition coefficient (Wildman–Crippen LogP) is 7.54. The summed E-state index contributed by atoms with van der Waals surface area (Å²) in [6, 6.07) is 23.4. The molecule has 6 aliphatic heterocycles. The lowest BCUT2D eigenvalue weighted by molar-refractivity contribution is -0.00879. The molecule has 6 aliphatic rings. The van der Waals surface area contributed by atoms with Crippen LogP contribution in [0, 0.1) is 46.8 Å². The molecule has 0 amide bonds. The Kier molecular flexibility index (Phi) is 13.9. The summed E-state index contributed by atoms with van der Waals surface area (Å²) >= 11 is 3.53. The molecule has 4 bridgehead atoms. The highest BCUT2D eigenvalue weighted by Crippen LogP contribution is 2.38. The van der Waals surface area contributed by atoms with E-state index in [9.17, 15) is 15.6 Å². The van der Waals surface area contributed by atoms with Crippen molar-refractivity contribution in [3.8, 4) is 70.3 Å². The van der Waals surface area contributed by atoms with Crippen molar-refractivity contribution < 1.29 is 25.2 Å². The van der Waals surface area contributed by atoms with Crippen molar-refractivity contribution in [2.75, 3.05) is 50.2 Å². The molecule has 0 spiro atoms. The summed E-state index contributed by atoms with van der Waals surface area (Å²) in [4.78, 5) is 26.2. The quantitative estimate of drug-likeness (QED) is 0.127. The van der Waals surface area contributed by atoms with Crippen LogP contribution in [0.5, 0.6) is 11.8 Å². The minimum absolute atomic E-state index is 0.0583. The molecule has 0 aromatic carbocycles. The molecule has 4 unspecified atom stereocenters. The lowest BCUT2D eigenvalue weighted by Crippen LogP contribution is -2.68. The minimum atomic E-state index is -1.63. The summed E-state index contributed by atoms with van der Waals surface area (Å²) in [7, 11) is 3.09. The molecule has 2 N–H and O–H groups in total. The summed E-state index contributed by atoms with van der Waals surface area (Å²) in [6.45, 7) is 5.87. The highest BCUT2D eigenvalue weighted by atomic mass is 79.9. The molecule has 4 atom stereocenters. The van der Waals surface area contributed by atoms with Gasteiger partial charge in [0.2, 0.25) is 11.8 Å². The molecule has 6 saturated heterocycles. The number of nitriles is 2. The van der Waals surface area contributed by atoms with Crippen LogP contribution in [-0.2, 0) is 13.0 Å². The SMILES string of the molecule is C#CC(C)(C)O.[2H]C([2H])(c1ccc(OC)nc1)N1C2CC1CN(c1ccc(-c3cc(Br)cn4ncc(C#N)c34)cn1)C2.[2H]C([2H])(c1ccc(OC)nc1)N1C2CC1CN(c1ccc(-c3cc(C#CC(C)(C)O)cn4ncc(C#N)c34)cn1)C2. The number of aliphatic hydroxyl groups is 2. The number of hydrogen-bond donors (Lipinski definition) is 2. The number of pyridine rings is 6. The van der Waals surface area contributed by atoms with Crippen LogP contribution in [0.15, 0.2) is 115 Å². The summed E-state index contributed by atoms with van der Waals surface area (Å²) in [5.74, 6) is 10.6. The molecule has 8 aromatic rings. The Balaban J connectivity index is 0.000000170. The highest BCUT2D eigenvalue weighted by Gasteiger charge is 2.46. The second kappa shape index (κ2) is 22.5. The number of rotatable bonds is 10. The normalized spacial score (nSPS) is 19.6. The predicted molar refractivity (Wildman–Crippen MR) is 304 cm³/mol. The van der Waals surface area contributed by atoms with Gasteiger partial charge in [0.05, 0.1) is 48.8 Å². The van der Waals surface area contributed by atoms with Gasteiger partial charge >= 0.3 is 0 Å². The first-order chi connectivity index (χ1) is 39.5. The van der Waals surface area contributed by atoms with Gasteiger partial charge in [0, 0.05) is 150 Å². The van der Waals surface area contributed by atoms with Gasteiger partial charge in [-0.3, -0.25) is 9.80 Å². The fraction of sp³-hybridized carbons (Fsp3) is 0.333. The van der Waals surface area contributed by atoms with E-state index in [1.807, 2.05) is 58.6 Å². The van der Waals surface area contributed by atoms with Crippen LogP contribution in [-0.4, -0.2) is 135 Å². The van der Waals surface area contributed by atoms with Gasteiger partial charge < -0.3 is 29.5 Å². The summed E-state index contributed by atoms with van der Waals surface area (Å²) in [6.07, 6.45) is 20.1. The molecule has 6 fully saturated rings. The Morgan fingerprint density at radius 2 is 1.10 bits per heavy atom. The van der Waals surface area contributed by atoms with Gasteiger partial charge in [-0.1, -0.05) is 29.9 Å². The molecular weight excluding hydrogens is 1060 g/mol. The maximum absolute atomic E-state index is 10.1. The Morgan fingerprint density at radius 3 is 1.48 bits per heavy atom. The van der Waals surface area contributed by atoms with Crippen LogP contribution < -0.4 is 19.3 Å². The number of terminal acetylenes is 1. The molecule has 14 rings (SSSR count). The molecule has 0 radical (unpaired) electrons. The maximum atomic E-state index is 10.1. The topological polar surface area (TPSA) is 206 Å². The average Bonchev–Trinajstić information content (AvgIpc) is 2.02. The van der Waals surface area contributed by atoms with Crippen LogP contribution in [0.4, 0.5) is 11.6 Å². The number of hydrogen-bond acceptors (Lipinski definition) is 16. The minimum Gasteiger partial charge on any atom is -0.481 e. The van der Waals surface area contributed by atoms with Gasteiger partial charge in [0.1, 0.15) is 35.0 Å². The van der Waals surface area contributed by atoms with Crippen LogP contribution in [0.3, 0.4) is 0 Å². The van der Waals surface area contributed by atoms with E-state index in [0.29, 0.717) is 71.3 Å². The number of fused-ring (bicyclic) bond motifs is 6. The summed E-state index contributed by atoms with van der Waals surface area (Å²) < 4.78 is 49.7. The maximum Gasteiger partial charge on any atom is 0.212 e. The number of piperazine rings is 2. The highest BCUT2D eigenvalue weighted by molar-refractivity contribution is 9.10. The second-order valence-corrected chi connectivity index (χ2v) is 21.5. The first-order valence-electron chi connectivity index (χ1n) is 27.5. The van der Waals surface area contributed by atoms with E-state index < -0.39 is 24.2 Å². The average molecular weight is 1120 g/mol. The van der Waals surface area contributed by atoms with Gasteiger partial charge in [-0.15, -0.1) is 6.42 Å². The third-order valence-corrected chi connectivity index (χ3v) is 14.3. The van der Waals surface area contributed by atoms with Gasteiger partial charge in [0.25, 0.3) is 0 Å². The Labute approximate surface area is 473 Å². The van der Waals surface area contributed by atoms with E-state index in [-0.39, 0.29) is 24.2 Å². The van der Waals surface area contributed by atoms with Gasteiger partial charge in [-0.05, 0) is 104 Å². The third kappa shape index (κ3) is 12.0. The molecular formula is C60H59BrN14O4. The van der Waals surface area contributed by atoms with Crippen molar-refractivity contribution in [2.45, 2.75) is 88.9 Å². The van der Waals surface area contributed by atoms with Crippen molar-refractivity contribution in [1.29, 1.82) is 10.5 Å². The van der Waals surface area contributed by atoms with Crippen molar-refractivity contribution in [1.82, 2.24) is 49.0 Å². The first-order valence-corrected chi connectivity index (χ1v) is 26.3. The molecule has 0 aliphatic carbocycles. The third-order valence-electron chi connectivity index (χ3n) is 13.9. The molecule has 400 valence electrons. The van der Waals surface area contributed by atoms with Crippen molar-refractivity contribution in [3.05, 3.63) is 143 Å². The summed E-state index contributed by atoms with van der Waals surface area (Å²) in [5, 5.41) is 46.4. The first kappa shape index (κ1) is 48.9. The number of aromatic nitrogens is 8. The molecule has 79 heavy (non-hydrogen) atoms. The molecule has 18 nitrogen and oxygen atoms in total. The number of nitrogens with zero attached hydrogens (tertiary/aromatic N) is 14. The Hall–Kier alpha value is -8.40. The number of methoxy groups -OCH3 is 2. The second-order valence-electron chi connectivity index (χ2n) is 20.6. The van der Waals surface area contributed by atoms with Crippen molar-refractivity contribution in [3.63, 3.8) is 0 Å². The smallest absolute Gasteiger partial charge is 0.212 e. The number of halogens is 1. The molecule has 14 heterocycles. The van der Waals surface area contributed by atoms with Crippen LogP contribution >= 0.6 is 15.9 Å². The number of ether oxygens (including phenoxy) is 2.